The lowest BCUT2D eigenvalue weighted by atomic mass is 10.1. The van der Waals surface area contributed by atoms with Gasteiger partial charge in [-0.05, 0) is 43.7 Å². The maximum Gasteiger partial charge on any atom is 0.336 e. The van der Waals surface area contributed by atoms with Crippen molar-refractivity contribution < 1.29 is 18.4 Å². The largest absolute Gasteiger partial charge is 0.427 e. The molecule has 1 N–H and O–H groups in total. The lowest BCUT2D eigenvalue weighted by Crippen LogP contribution is -2.48. The van der Waals surface area contributed by atoms with Crippen molar-refractivity contribution in [2.45, 2.75) is 26.9 Å². The number of halogens is 2. The first-order valence-electron chi connectivity index (χ1n) is 11.1. The van der Waals surface area contributed by atoms with Gasteiger partial charge in [0.15, 0.2) is 0 Å². The number of piperazine rings is 1. The highest BCUT2D eigenvalue weighted by Gasteiger charge is 2.26. The zero-order valence-electron chi connectivity index (χ0n) is 19.4. The molecule has 2 amide bonds. The van der Waals surface area contributed by atoms with Crippen molar-refractivity contribution in [3.05, 3.63) is 89.9 Å². The number of carbonyl (C=O) groups is 2. The maximum absolute atomic E-state index is 13.9. The van der Waals surface area contributed by atoms with Crippen LogP contribution in [0.5, 0.6) is 0 Å². The second-order valence-corrected chi connectivity index (χ2v) is 10.0. The minimum absolute atomic E-state index is 0.0782. The molecule has 1 aliphatic heterocycles. The van der Waals surface area contributed by atoms with Crippen molar-refractivity contribution in [2.24, 2.45) is 0 Å². The van der Waals surface area contributed by atoms with E-state index in [0.717, 1.165) is 4.88 Å². The molecule has 0 spiro atoms. The topological polar surface area (TPSA) is 82.9 Å². The zero-order chi connectivity index (χ0) is 25.1. The summed E-state index contributed by atoms with van der Waals surface area (Å²) < 4.78 is 19.0. The van der Waals surface area contributed by atoms with Crippen molar-refractivity contribution in [1.29, 1.82) is 0 Å². The van der Waals surface area contributed by atoms with E-state index in [1.165, 1.54) is 23.5 Å². The van der Waals surface area contributed by atoms with Gasteiger partial charge in [0.05, 0.1) is 10.4 Å². The van der Waals surface area contributed by atoms with Crippen molar-refractivity contribution >= 4 is 34.8 Å². The molecule has 1 aliphatic rings. The second-order valence-electron chi connectivity index (χ2n) is 8.43. The fourth-order valence-corrected chi connectivity index (χ4v) is 5.20. The Balaban J connectivity index is 1.29. The van der Waals surface area contributed by atoms with Crippen LogP contribution in [0, 0.1) is 19.7 Å². The molecular weight excluding hydrogens is 493 g/mol. The SMILES string of the molecule is Cc1cc(=O)oc(C)c1C(=O)N1CCN(Cc2ccc(C(=O)NCc3ccc(Cl)cc3F)s2)CC1. The van der Waals surface area contributed by atoms with Gasteiger partial charge in [0.2, 0.25) is 0 Å². The Morgan fingerprint density at radius 1 is 1.11 bits per heavy atom. The molecule has 1 saturated heterocycles. The van der Waals surface area contributed by atoms with Crippen LogP contribution in [-0.4, -0.2) is 47.8 Å². The lowest BCUT2D eigenvalue weighted by Gasteiger charge is -2.34. The van der Waals surface area contributed by atoms with Gasteiger partial charge in [-0.25, -0.2) is 9.18 Å². The lowest BCUT2D eigenvalue weighted by molar-refractivity contribution is 0.0624. The molecule has 10 heteroatoms. The number of carbonyl (C=O) groups excluding carboxylic acids is 2. The quantitative estimate of drug-likeness (QED) is 0.534. The van der Waals surface area contributed by atoms with E-state index in [0.29, 0.717) is 65.1 Å². The highest BCUT2D eigenvalue weighted by molar-refractivity contribution is 7.14. The number of nitrogens with zero attached hydrogens (tertiary/aromatic N) is 2. The van der Waals surface area contributed by atoms with Crippen molar-refractivity contribution in [1.82, 2.24) is 15.1 Å². The Morgan fingerprint density at radius 3 is 2.54 bits per heavy atom. The third-order valence-electron chi connectivity index (χ3n) is 5.93. The van der Waals surface area contributed by atoms with Crippen LogP contribution < -0.4 is 10.9 Å². The Bertz CT molecular complexity index is 1290. The molecule has 0 aliphatic carbocycles. The second kappa shape index (κ2) is 10.7. The first kappa shape index (κ1) is 25.1. The van der Waals surface area contributed by atoms with Gasteiger partial charge in [-0.15, -0.1) is 11.3 Å². The van der Waals surface area contributed by atoms with E-state index in [9.17, 15) is 18.8 Å². The van der Waals surface area contributed by atoms with Gasteiger partial charge in [0, 0.05) is 60.8 Å². The zero-order valence-corrected chi connectivity index (χ0v) is 21.0. The molecule has 7 nitrogen and oxygen atoms in total. The summed E-state index contributed by atoms with van der Waals surface area (Å²) in [5.41, 5.74) is 0.984. The summed E-state index contributed by atoms with van der Waals surface area (Å²) in [5.74, 6) is -0.503. The van der Waals surface area contributed by atoms with Gasteiger partial charge in [-0.3, -0.25) is 14.5 Å². The van der Waals surface area contributed by atoms with Gasteiger partial charge in [-0.1, -0.05) is 17.7 Å². The normalized spacial score (nSPS) is 14.2. The van der Waals surface area contributed by atoms with Crippen molar-refractivity contribution in [3.8, 4) is 0 Å². The van der Waals surface area contributed by atoms with Crippen LogP contribution >= 0.6 is 22.9 Å². The number of nitrogens with one attached hydrogen (secondary N) is 1. The summed E-state index contributed by atoms with van der Waals surface area (Å²) in [5, 5.41) is 3.05. The van der Waals surface area contributed by atoms with E-state index in [1.807, 2.05) is 6.07 Å². The monoisotopic (exact) mass is 517 g/mol. The third-order valence-corrected chi connectivity index (χ3v) is 7.23. The van der Waals surface area contributed by atoms with Crippen LogP contribution in [0.2, 0.25) is 5.02 Å². The number of benzene rings is 1. The summed E-state index contributed by atoms with van der Waals surface area (Å²) >= 11 is 7.16. The fraction of sp³-hybridized carbons (Fsp3) is 0.320. The van der Waals surface area contributed by atoms with E-state index >= 15 is 0 Å². The summed E-state index contributed by atoms with van der Waals surface area (Å²) in [7, 11) is 0. The molecule has 0 atom stereocenters. The Morgan fingerprint density at radius 2 is 1.86 bits per heavy atom. The van der Waals surface area contributed by atoms with Crippen LogP contribution in [0.1, 0.15) is 41.8 Å². The van der Waals surface area contributed by atoms with E-state index in [2.05, 4.69) is 10.2 Å². The van der Waals surface area contributed by atoms with Gasteiger partial charge in [0.1, 0.15) is 11.6 Å². The summed E-state index contributed by atoms with van der Waals surface area (Å²) in [6.07, 6.45) is 0. The third kappa shape index (κ3) is 5.98. The van der Waals surface area contributed by atoms with Crippen LogP contribution in [0.15, 0.2) is 45.6 Å². The smallest absolute Gasteiger partial charge is 0.336 e. The van der Waals surface area contributed by atoms with Crippen LogP contribution in [0.3, 0.4) is 0 Å². The number of hydrogen-bond acceptors (Lipinski definition) is 6. The summed E-state index contributed by atoms with van der Waals surface area (Å²) in [6.45, 7) is 6.62. The molecule has 0 saturated carbocycles. The Labute approximate surface area is 211 Å². The summed E-state index contributed by atoms with van der Waals surface area (Å²) in [4.78, 5) is 42.6. The summed E-state index contributed by atoms with van der Waals surface area (Å²) in [6, 6.07) is 9.38. The highest BCUT2D eigenvalue weighted by atomic mass is 35.5. The van der Waals surface area contributed by atoms with Gasteiger partial charge in [-0.2, -0.15) is 0 Å². The molecule has 184 valence electrons. The number of hydrogen-bond donors (Lipinski definition) is 1. The molecule has 0 unspecified atom stereocenters. The van der Waals surface area contributed by atoms with E-state index in [1.54, 1.807) is 36.9 Å². The van der Waals surface area contributed by atoms with Gasteiger partial charge in [0.25, 0.3) is 11.8 Å². The molecule has 3 heterocycles. The molecule has 35 heavy (non-hydrogen) atoms. The first-order valence-corrected chi connectivity index (χ1v) is 12.3. The van der Waals surface area contributed by atoms with Crippen LogP contribution in [0.25, 0.3) is 0 Å². The standard InChI is InChI=1S/C25H25ClFN3O4S/c1-15-11-22(31)34-16(2)23(15)25(33)30-9-7-29(8-10-30)14-19-5-6-21(35-19)24(32)28-13-17-3-4-18(26)12-20(17)27/h3-6,11-12H,7-10,13-14H2,1-2H3,(H,28,32). The van der Waals surface area contributed by atoms with E-state index in [4.69, 9.17) is 16.0 Å². The van der Waals surface area contributed by atoms with Crippen LogP contribution in [-0.2, 0) is 13.1 Å². The predicted octanol–water partition coefficient (Wildman–Crippen LogP) is 4.00. The van der Waals surface area contributed by atoms with E-state index < -0.39 is 11.4 Å². The minimum atomic E-state index is -0.456. The predicted molar refractivity (Wildman–Crippen MR) is 133 cm³/mol. The minimum Gasteiger partial charge on any atom is -0.427 e. The molecule has 1 fully saturated rings. The maximum atomic E-state index is 13.9. The average Bonchev–Trinajstić information content (AvgIpc) is 3.26. The molecule has 3 aromatic rings. The van der Waals surface area contributed by atoms with Gasteiger partial charge < -0.3 is 14.6 Å². The van der Waals surface area contributed by atoms with Gasteiger partial charge >= 0.3 is 5.63 Å². The molecule has 4 rings (SSSR count). The number of rotatable bonds is 6. The molecular formula is C25H25ClFN3O4S. The average molecular weight is 518 g/mol. The van der Waals surface area contributed by atoms with Crippen LogP contribution in [0.4, 0.5) is 4.39 Å². The van der Waals surface area contributed by atoms with Crippen molar-refractivity contribution in [3.63, 3.8) is 0 Å². The molecule has 0 bridgehead atoms. The molecule has 0 radical (unpaired) electrons. The molecule has 2 aromatic heterocycles. The van der Waals surface area contributed by atoms with Crippen molar-refractivity contribution in [2.75, 3.05) is 26.2 Å². The number of thiophene rings is 1. The number of amides is 2. The first-order chi connectivity index (χ1) is 16.7. The Hall–Kier alpha value is -3.01. The fourth-order valence-electron chi connectivity index (χ4n) is 4.08. The number of aryl methyl sites for hydroxylation is 2. The van der Waals surface area contributed by atoms with E-state index in [-0.39, 0.29) is 18.4 Å². The Kier molecular flexibility index (Phi) is 7.69. The molecule has 1 aromatic carbocycles. The highest BCUT2D eigenvalue weighted by Crippen LogP contribution is 2.21.